The van der Waals surface area contributed by atoms with Gasteiger partial charge in [-0.05, 0) is 32.9 Å². The lowest BCUT2D eigenvalue weighted by atomic mass is 10.2. The number of rotatable bonds is 10. The number of nitrogens with zero attached hydrogens (tertiary/aromatic N) is 1. The molecule has 0 radical (unpaired) electrons. The first-order valence-corrected chi connectivity index (χ1v) is 6.70. The topological polar surface area (TPSA) is 24.5 Å². The molecule has 0 heterocycles. The summed E-state index contributed by atoms with van der Waals surface area (Å²) in [6, 6.07) is 1.32. The maximum atomic E-state index is 5.30. The second kappa shape index (κ2) is 8.04. The Morgan fingerprint density at radius 2 is 2.12 bits per heavy atom. The maximum Gasteiger partial charge on any atom is 0.0630 e. The smallest absolute Gasteiger partial charge is 0.0630 e. The third-order valence-corrected chi connectivity index (χ3v) is 3.32. The van der Waals surface area contributed by atoms with E-state index in [1.807, 2.05) is 0 Å². The Bertz CT molecular complexity index is 171. The van der Waals surface area contributed by atoms with Gasteiger partial charge in [-0.25, -0.2) is 0 Å². The number of likely N-dealkylation sites (N-methyl/N-ethyl adjacent to an activating group) is 1. The molecule has 0 aromatic carbocycles. The van der Waals surface area contributed by atoms with E-state index in [9.17, 15) is 0 Å². The molecule has 0 saturated heterocycles. The van der Waals surface area contributed by atoms with E-state index in [-0.39, 0.29) is 0 Å². The summed E-state index contributed by atoms with van der Waals surface area (Å²) in [5.41, 5.74) is 0. The van der Waals surface area contributed by atoms with E-state index < -0.39 is 0 Å². The minimum Gasteiger partial charge on any atom is -0.383 e. The zero-order valence-corrected chi connectivity index (χ0v) is 11.2. The van der Waals surface area contributed by atoms with Crippen LogP contribution in [0.15, 0.2) is 0 Å². The van der Waals surface area contributed by atoms with Crippen molar-refractivity contribution >= 4 is 0 Å². The predicted octanol–water partition coefficient (Wildman–Crippen LogP) is 1.88. The number of nitrogens with one attached hydrogen (secondary N) is 1. The van der Waals surface area contributed by atoms with E-state index in [0.29, 0.717) is 6.04 Å². The van der Waals surface area contributed by atoms with Crippen molar-refractivity contribution in [2.24, 2.45) is 0 Å². The van der Waals surface area contributed by atoms with Crippen LogP contribution in [0.25, 0.3) is 0 Å². The highest BCUT2D eigenvalue weighted by Gasteiger charge is 2.23. The molecule has 0 amide bonds. The van der Waals surface area contributed by atoms with Crippen LogP contribution in [0.4, 0.5) is 0 Å². The number of methoxy groups -OCH3 is 1. The summed E-state index contributed by atoms with van der Waals surface area (Å²) >= 11 is 0. The van der Waals surface area contributed by atoms with E-state index in [0.717, 1.165) is 19.2 Å². The molecular weight excluding hydrogens is 200 g/mol. The Morgan fingerprint density at radius 3 is 2.69 bits per heavy atom. The normalized spacial score (nSPS) is 18.0. The van der Waals surface area contributed by atoms with E-state index in [2.05, 4.69) is 24.2 Å². The van der Waals surface area contributed by atoms with Crippen molar-refractivity contribution in [3.8, 4) is 0 Å². The zero-order chi connectivity index (χ0) is 11.8. The van der Waals surface area contributed by atoms with Gasteiger partial charge in [0.25, 0.3) is 0 Å². The summed E-state index contributed by atoms with van der Waals surface area (Å²) < 4.78 is 5.30. The van der Waals surface area contributed by atoms with Gasteiger partial charge in [-0.2, -0.15) is 0 Å². The van der Waals surface area contributed by atoms with Gasteiger partial charge >= 0.3 is 0 Å². The van der Waals surface area contributed by atoms with Crippen molar-refractivity contribution in [2.45, 2.75) is 51.1 Å². The van der Waals surface area contributed by atoms with Crippen molar-refractivity contribution in [2.75, 3.05) is 33.9 Å². The standard InChI is InChI=1S/C13H28N2O/c1-4-5-6-9-15(2)13(11-16-3)10-14-12-7-8-12/h12-14H,4-11H2,1-3H3. The molecule has 16 heavy (non-hydrogen) atoms. The first-order valence-electron chi connectivity index (χ1n) is 6.70. The van der Waals surface area contributed by atoms with E-state index >= 15 is 0 Å². The molecule has 0 spiro atoms. The van der Waals surface area contributed by atoms with Gasteiger partial charge < -0.3 is 10.1 Å². The molecule has 3 heteroatoms. The molecule has 1 unspecified atom stereocenters. The fourth-order valence-electron chi connectivity index (χ4n) is 1.92. The van der Waals surface area contributed by atoms with Crippen molar-refractivity contribution in [3.63, 3.8) is 0 Å². The Labute approximate surface area is 101 Å². The van der Waals surface area contributed by atoms with Crippen LogP contribution in [0.3, 0.4) is 0 Å². The minimum absolute atomic E-state index is 0.530. The summed E-state index contributed by atoms with van der Waals surface area (Å²) in [5, 5.41) is 3.59. The highest BCUT2D eigenvalue weighted by atomic mass is 16.5. The van der Waals surface area contributed by atoms with Crippen LogP contribution in [0.5, 0.6) is 0 Å². The highest BCUT2D eigenvalue weighted by molar-refractivity contribution is 4.83. The lowest BCUT2D eigenvalue weighted by Crippen LogP contribution is -2.44. The largest absolute Gasteiger partial charge is 0.383 e. The minimum atomic E-state index is 0.530. The van der Waals surface area contributed by atoms with Crippen molar-refractivity contribution in [1.29, 1.82) is 0 Å². The van der Waals surface area contributed by atoms with Crippen molar-refractivity contribution in [1.82, 2.24) is 10.2 Å². The highest BCUT2D eigenvalue weighted by Crippen LogP contribution is 2.18. The van der Waals surface area contributed by atoms with Crippen LogP contribution in [-0.2, 0) is 4.74 Å². The molecule has 0 aromatic heterocycles. The van der Waals surface area contributed by atoms with Gasteiger partial charge in [-0.15, -0.1) is 0 Å². The van der Waals surface area contributed by atoms with E-state index in [4.69, 9.17) is 4.74 Å². The van der Waals surface area contributed by atoms with Crippen molar-refractivity contribution in [3.05, 3.63) is 0 Å². The summed E-state index contributed by atoms with van der Waals surface area (Å²) in [5.74, 6) is 0. The first-order chi connectivity index (χ1) is 7.77. The van der Waals surface area contributed by atoms with Crippen LogP contribution in [-0.4, -0.2) is 50.8 Å². The van der Waals surface area contributed by atoms with Crippen LogP contribution in [0, 0.1) is 0 Å². The molecule has 1 N–H and O–H groups in total. The maximum absolute atomic E-state index is 5.30. The van der Waals surface area contributed by atoms with Crippen LogP contribution < -0.4 is 5.32 Å². The van der Waals surface area contributed by atoms with Crippen LogP contribution >= 0.6 is 0 Å². The van der Waals surface area contributed by atoms with Gasteiger partial charge in [0.2, 0.25) is 0 Å². The molecule has 3 nitrogen and oxygen atoms in total. The van der Waals surface area contributed by atoms with Gasteiger partial charge in [0.05, 0.1) is 6.61 Å². The molecule has 0 aliphatic heterocycles. The van der Waals surface area contributed by atoms with Gasteiger partial charge in [-0.1, -0.05) is 19.8 Å². The molecule has 0 aromatic rings. The molecule has 1 fully saturated rings. The fourth-order valence-corrected chi connectivity index (χ4v) is 1.92. The molecule has 1 saturated carbocycles. The molecular formula is C13H28N2O. The van der Waals surface area contributed by atoms with Crippen LogP contribution in [0.2, 0.25) is 0 Å². The lowest BCUT2D eigenvalue weighted by Gasteiger charge is -2.27. The quantitative estimate of drug-likeness (QED) is 0.578. The lowest BCUT2D eigenvalue weighted by molar-refractivity contribution is 0.104. The summed E-state index contributed by atoms with van der Waals surface area (Å²) in [6.07, 6.45) is 6.65. The number of unbranched alkanes of at least 4 members (excludes halogenated alkanes) is 2. The second-order valence-corrected chi connectivity index (χ2v) is 4.98. The third kappa shape index (κ3) is 5.83. The Balaban J connectivity index is 2.16. The fraction of sp³-hybridized carbons (Fsp3) is 1.00. The van der Waals surface area contributed by atoms with E-state index in [1.54, 1.807) is 7.11 Å². The Morgan fingerprint density at radius 1 is 1.38 bits per heavy atom. The molecule has 1 aliphatic rings. The Hall–Kier alpha value is -0.120. The van der Waals surface area contributed by atoms with Gasteiger partial charge in [0.15, 0.2) is 0 Å². The average molecular weight is 228 g/mol. The number of ether oxygens (including phenoxy) is 1. The number of hydrogen-bond donors (Lipinski definition) is 1. The monoisotopic (exact) mass is 228 g/mol. The Kier molecular flexibility index (Phi) is 7.01. The predicted molar refractivity (Wildman–Crippen MR) is 68.8 cm³/mol. The molecule has 0 bridgehead atoms. The summed E-state index contributed by atoms with van der Waals surface area (Å²) in [7, 11) is 4.01. The summed E-state index contributed by atoms with van der Waals surface area (Å²) in [4.78, 5) is 2.44. The second-order valence-electron chi connectivity index (χ2n) is 4.98. The summed E-state index contributed by atoms with van der Waals surface area (Å²) in [6.45, 7) is 5.35. The molecule has 96 valence electrons. The van der Waals surface area contributed by atoms with Gasteiger partial charge in [0.1, 0.15) is 0 Å². The SMILES string of the molecule is CCCCCN(C)C(CNC1CC1)COC. The molecule has 1 atom stereocenters. The van der Waals surface area contributed by atoms with Crippen LogP contribution in [0.1, 0.15) is 39.0 Å². The van der Waals surface area contributed by atoms with Crippen molar-refractivity contribution < 1.29 is 4.74 Å². The number of hydrogen-bond acceptors (Lipinski definition) is 3. The van der Waals surface area contributed by atoms with Gasteiger partial charge in [0, 0.05) is 25.7 Å². The van der Waals surface area contributed by atoms with E-state index in [1.165, 1.54) is 38.6 Å². The first kappa shape index (κ1) is 13.9. The molecule has 1 rings (SSSR count). The molecule has 1 aliphatic carbocycles. The van der Waals surface area contributed by atoms with Gasteiger partial charge in [-0.3, -0.25) is 4.90 Å². The average Bonchev–Trinajstić information content (AvgIpc) is 3.08. The third-order valence-electron chi connectivity index (χ3n) is 3.32. The zero-order valence-electron chi connectivity index (χ0n) is 11.2.